The van der Waals surface area contributed by atoms with Crippen molar-refractivity contribution in [2.24, 2.45) is 0 Å². The molecular weight excluding hydrogens is 604 g/mol. The van der Waals surface area contributed by atoms with E-state index in [4.69, 9.17) is 23.2 Å². The average molecular weight is 617 g/mol. The van der Waals surface area contributed by atoms with Crippen molar-refractivity contribution in [2.75, 3.05) is 10.6 Å². The van der Waals surface area contributed by atoms with Gasteiger partial charge in [0.1, 0.15) is 6.07 Å². The number of rotatable bonds is 5. The lowest BCUT2D eigenvalue weighted by Gasteiger charge is -2.30. The van der Waals surface area contributed by atoms with E-state index in [0.29, 0.717) is 5.56 Å². The van der Waals surface area contributed by atoms with Gasteiger partial charge in [0.25, 0.3) is 11.8 Å². The molecule has 0 aromatic heterocycles. The van der Waals surface area contributed by atoms with Crippen LogP contribution in [0.15, 0.2) is 48.5 Å². The third-order valence-corrected chi connectivity index (χ3v) is 6.41. The Morgan fingerprint density at radius 3 is 1.85 bits per heavy atom. The summed E-state index contributed by atoms with van der Waals surface area (Å²) in [6.45, 7) is 1.53. The number of amides is 2. The molecule has 0 fully saturated rings. The number of carbonyl (C=O) groups excluding carboxylic acids is 2. The number of anilines is 2. The minimum absolute atomic E-state index is 0.0339. The Balaban J connectivity index is 1.96. The number of nitrogens with zero attached hydrogens (tertiary/aromatic N) is 2. The standard InChI is InChI=1S/C26H13Cl2F7N4O2/c1-12-14(10-36)3-2-4-17(12)23(41)38-20-7-13(5-6-15(20)11-37)22(40)39-21-18(27)8-16(9-19(21)28)24(29,25(30,31)32)26(33,34)35/h2-9H,1H3,(H,38,41)(H,39,40). The second-order valence-corrected chi connectivity index (χ2v) is 9.15. The highest BCUT2D eigenvalue weighted by atomic mass is 35.5. The van der Waals surface area contributed by atoms with E-state index in [1.165, 1.54) is 25.1 Å². The van der Waals surface area contributed by atoms with Crippen LogP contribution < -0.4 is 10.6 Å². The first-order valence-corrected chi connectivity index (χ1v) is 11.7. The largest absolute Gasteiger partial charge is 0.435 e. The van der Waals surface area contributed by atoms with Crippen molar-refractivity contribution in [3.63, 3.8) is 0 Å². The summed E-state index contributed by atoms with van der Waals surface area (Å²) in [5.74, 6) is -1.78. The minimum atomic E-state index is -6.42. The number of halogens is 9. The fourth-order valence-corrected chi connectivity index (χ4v) is 4.23. The molecule has 0 unspecified atom stereocenters. The van der Waals surface area contributed by atoms with Crippen molar-refractivity contribution in [1.29, 1.82) is 10.5 Å². The first-order chi connectivity index (χ1) is 19.0. The maximum Gasteiger partial charge on any atom is 0.435 e. The molecular formula is C26H13Cl2F7N4O2. The highest BCUT2D eigenvalue weighted by Gasteiger charge is 2.73. The summed E-state index contributed by atoms with van der Waals surface area (Å²) in [5, 5.41) is 21.3. The molecule has 0 aliphatic carbocycles. The van der Waals surface area contributed by atoms with Gasteiger partial charge in [-0.1, -0.05) is 29.3 Å². The molecule has 3 aromatic carbocycles. The lowest BCUT2D eigenvalue weighted by atomic mass is 9.94. The molecule has 0 spiro atoms. The van der Waals surface area contributed by atoms with E-state index in [-0.39, 0.29) is 40.1 Å². The van der Waals surface area contributed by atoms with Crippen LogP contribution in [0, 0.1) is 29.6 Å². The van der Waals surface area contributed by atoms with Gasteiger partial charge in [-0.25, -0.2) is 4.39 Å². The maximum absolute atomic E-state index is 14.4. The third-order valence-electron chi connectivity index (χ3n) is 5.81. The van der Waals surface area contributed by atoms with Crippen LogP contribution in [0.2, 0.25) is 10.0 Å². The summed E-state index contributed by atoms with van der Waals surface area (Å²) in [6.07, 6.45) is -12.8. The highest BCUT2D eigenvalue weighted by molar-refractivity contribution is 6.40. The van der Waals surface area contributed by atoms with Gasteiger partial charge in [0.05, 0.1) is 38.6 Å². The lowest BCUT2D eigenvalue weighted by Crippen LogP contribution is -2.50. The van der Waals surface area contributed by atoms with Gasteiger partial charge in [-0.15, -0.1) is 0 Å². The number of carbonyl (C=O) groups is 2. The van der Waals surface area contributed by atoms with Gasteiger partial charge in [-0.05, 0) is 55.0 Å². The van der Waals surface area contributed by atoms with E-state index in [1.54, 1.807) is 0 Å². The monoisotopic (exact) mass is 616 g/mol. The summed E-state index contributed by atoms with van der Waals surface area (Å²) in [6, 6.07) is 11.5. The second-order valence-electron chi connectivity index (χ2n) is 8.34. The molecule has 0 heterocycles. The predicted octanol–water partition coefficient (Wildman–Crippen LogP) is 7.84. The molecule has 2 N–H and O–H groups in total. The van der Waals surface area contributed by atoms with Gasteiger partial charge in [-0.2, -0.15) is 36.9 Å². The molecule has 0 aliphatic heterocycles. The molecule has 0 radical (unpaired) electrons. The minimum Gasteiger partial charge on any atom is -0.321 e. The summed E-state index contributed by atoms with van der Waals surface area (Å²) in [7, 11) is 0. The van der Waals surface area contributed by atoms with Crippen LogP contribution in [0.4, 0.5) is 42.1 Å². The molecule has 2 amide bonds. The zero-order valence-corrected chi connectivity index (χ0v) is 21.7. The van der Waals surface area contributed by atoms with Gasteiger partial charge >= 0.3 is 18.0 Å². The molecule has 0 bridgehead atoms. The summed E-state index contributed by atoms with van der Waals surface area (Å²) >= 11 is 11.6. The zero-order chi connectivity index (χ0) is 30.9. The number of nitrogens with one attached hydrogen (secondary N) is 2. The summed E-state index contributed by atoms with van der Waals surface area (Å²) < 4.78 is 93.2. The van der Waals surface area contributed by atoms with Gasteiger partial charge in [-0.3, -0.25) is 9.59 Å². The molecule has 212 valence electrons. The first kappa shape index (κ1) is 31.2. The Morgan fingerprint density at radius 2 is 1.34 bits per heavy atom. The van der Waals surface area contributed by atoms with E-state index < -0.39 is 51.1 Å². The van der Waals surface area contributed by atoms with Crippen LogP contribution in [0.3, 0.4) is 0 Å². The molecule has 41 heavy (non-hydrogen) atoms. The number of nitriles is 2. The summed E-state index contributed by atoms with van der Waals surface area (Å²) in [5.41, 5.74) is -8.19. The van der Waals surface area contributed by atoms with E-state index in [2.05, 4.69) is 10.6 Å². The van der Waals surface area contributed by atoms with Crippen LogP contribution in [0.25, 0.3) is 0 Å². The van der Waals surface area contributed by atoms with Crippen molar-refractivity contribution >= 4 is 46.4 Å². The molecule has 15 heteroatoms. The van der Waals surface area contributed by atoms with Crippen molar-refractivity contribution in [3.05, 3.63) is 92.0 Å². The number of hydrogen-bond acceptors (Lipinski definition) is 4. The Bertz CT molecular complexity index is 1600. The molecule has 0 atom stereocenters. The highest BCUT2D eigenvalue weighted by Crippen LogP contribution is 2.54. The van der Waals surface area contributed by atoms with E-state index in [9.17, 15) is 50.8 Å². The maximum atomic E-state index is 14.4. The van der Waals surface area contributed by atoms with Gasteiger partial charge in [0, 0.05) is 16.7 Å². The Kier molecular flexibility index (Phi) is 8.58. The Labute approximate surface area is 236 Å². The number of alkyl halides is 7. The molecule has 0 saturated carbocycles. The fourth-order valence-electron chi connectivity index (χ4n) is 3.64. The van der Waals surface area contributed by atoms with Gasteiger partial charge in [0.2, 0.25) is 0 Å². The van der Waals surface area contributed by atoms with Crippen molar-refractivity contribution < 1.29 is 40.3 Å². The molecule has 3 aromatic rings. The lowest BCUT2D eigenvalue weighted by molar-refractivity contribution is -0.348. The van der Waals surface area contributed by atoms with E-state index >= 15 is 0 Å². The fraction of sp³-hybridized carbons (Fsp3) is 0.154. The van der Waals surface area contributed by atoms with Crippen LogP contribution in [0.5, 0.6) is 0 Å². The smallest absolute Gasteiger partial charge is 0.321 e. The average Bonchev–Trinajstić information content (AvgIpc) is 2.88. The van der Waals surface area contributed by atoms with Crippen LogP contribution >= 0.6 is 23.2 Å². The number of benzene rings is 3. The normalized spacial score (nSPS) is 11.8. The zero-order valence-electron chi connectivity index (χ0n) is 20.2. The predicted molar refractivity (Wildman–Crippen MR) is 134 cm³/mol. The van der Waals surface area contributed by atoms with Crippen LogP contribution in [-0.4, -0.2) is 24.2 Å². The topological polar surface area (TPSA) is 106 Å². The van der Waals surface area contributed by atoms with Gasteiger partial charge < -0.3 is 10.6 Å². The van der Waals surface area contributed by atoms with Crippen molar-refractivity contribution in [1.82, 2.24) is 0 Å². The van der Waals surface area contributed by atoms with Crippen molar-refractivity contribution in [3.8, 4) is 12.1 Å². The quantitative estimate of drug-likeness (QED) is 0.285. The Hall–Kier alpha value is -4.33. The first-order valence-electron chi connectivity index (χ1n) is 10.9. The summed E-state index contributed by atoms with van der Waals surface area (Å²) in [4.78, 5) is 25.7. The third kappa shape index (κ3) is 5.92. The molecule has 3 rings (SSSR count). The molecule has 0 saturated heterocycles. The van der Waals surface area contributed by atoms with E-state index in [1.807, 2.05) is 12.1 Å². The van der Waals surface area contributed by atoms with Crippen LogP contribution in [-0.2, 0) is 5.67 Å². The SMILES string of the molecule is Cc1c(C#N)cccc1C(=O)Nc1cc(C(=O)Nc2c(Cl)cc(C(F)(C(F)(F)F)C(F)(F)F)cc2Cl)ccc1C#N. The molecule has 0 aliphatic rings. The van der Waals surface area contributed by atoms with E-state index in [0.717, 1.165) is 18.2 Å². The Morgan fingerprint density at radius 1 is 0.780 bits per heavy atom. The van der Waals surface area contributed by atoms with Crippen molar-refractivity contribution in [2.45, 2.75) is 24.9 Å². The van der Waals surface area contributed by atoms with Crippen LogP contribution in [0.1, 0.15) is 43.0 Å². The second kappa shape index (κ2) is 11.3. The molecule has 6 nitrogen and oxygen atoms in total. The number of hydrogen-bond donors (Lipinski definition) is 2. The van der Waals surface area contributed by atoms with Gasteiger partial charge in [0.15, 0.2) is 0 Å².